The molecule has 1 rings (SSSR count). The number of sulfonamides is 1. The van der Waals surface area contributed by atoms with Crippen LogP contribution in [0.5, 0.6) is 0 Å². The van der Waals surface area contributed by atoms with Gasteiger partial charge in [-0.1, -0.05) is 11.6 Å². The maximum atomic E-state index is 10.9. The zero-order valence-electron chi connectivity index (χ0n) is 7.31. The monoisotopic (exact) mass is 293 g/mol. The quantitative estimate of drug-likeness (QED) is 0.670. The number of benzene rings is 1. The van der Waals surface area contributed by atoms with Gasteiger partial charge >= 0.3 is 0 Å². The van der Waals surface area contributed by atoms with E-state index in [1.165, 1.54) is 6.07 Å². The van der Waals surface area contributed by atoms with Crippen molar-refractivity contribution in [3.63, 3.8) is 0 Å². The Balaban J connectivity index is 0. The predicted octanol–water partition coefficient (Wildman–Crippen LogP) is 0.995. The first-order valence-electron chi connectivity index (χ1n) is 3.19. The second-order valence-corrected chi connectivity index (χ2v) is 4.39. The zero-order chi connectivity index (χ0) is 10.2. The highest BCUT2D eigenvalue weighted by Gasteiger charge is 2.14. The molecule has 0 aliphatic rings. The second kappa shape index (κ2) is 5.62. The van der Waals surface area contributed by atoms with E-state index in [2.05, 4.69) is 0 Å². The lowest BCUT2D eigenvalue weighted by Crippen LogP contribution is -2.13. The molecule has 0 fully saturated rings. The van der Waals surface area contributed by atoms with Crippen LogP contribution in [0.25, 0.3) is 0 Å². The molecule has 0 atom stereocenters. The van der Waals surface area contributed by atoms with Crippen LogP contribution in [0, 0.1) is 0 Å². The van der Waals surface area contributed by atoms with Crippen molar-refractivity contribution in [1.82, 2.24) is 0 Å². The molecule has 0 saturated heterocycles. The van der Waals surface area contributed by atoms with Gasteiger partial charge in [0.1, 0.15) is 4.90 Å². The van der Waals surface area contributed by atoms with Crippen LogP contribution >= 0.6 is 36.4 Å². The third kappa shape index (κ3) is 3.92. The molecule has 1 aromatic rings. The van der Waals surface area contributed by atoms with Gasteiger partial charge in [0.2, 0.25) is 10.0 Å². The molecule has 0 radical (unpaired) electrons. The maximum Gasteiger partial charge on any atom is 0.239 e. The number of hydrogen-bond acceptors (Lipinski definition) is 4. The van der Waals surface area contributed by atoms with Crippen molar-refractivity contribution in [2.45, 2.75) is 4.90 Å². The van der Waals surface area contributed by atoms with Gasteiger partial charge in [-0.25, -0.2) is 13.6 Å². The summed E-state index contributed by atoms with van der Waals surface area (Å²) in [5, 5.41) is 4.83. The predicted molar refractivity (Wildman–Crippen MR) is 66.1 cm³/mol. The molecule has 9 heteroatoms. The normalized spacial score (nSPS) is 10.0. The van der Waals surface area contributed by atoms with Gasteiger partial charge < -0.3 is 11.5 Å². The number of rotatable bonds is 1. The van der Waals surface area contributed by atoms with Crippen molar-refractivity contribution in [2.24, 2.45) is 5.14 Å². The van der Waals surface area contributed by atoms with Gasteiger partial charge in [-0.2, -0.15) is 0 Å². The van der Waals surface area contributed by atoms with Crippen LogP contribution in [0.2, 0.25) is 5.02 Å². The van der Waals surface area contributed by atoms with E-state index in [4.69, 9.17) is 28.2 Å². The lowest BCUT2D eigenvalue weighted by atomic mass is 10.3. The highest BCUT2D eigenvalue weighted by molar-refractivity contribution is 7.89. The third-order valence-corrected chi connectivity index (χ3v) is 2.82. The van der Waals surface area contributed by atoms with E-state index in [0.29, 0.717) is 0 Å². The van der Waals surface area contributed by atoms with E-state index < -0.39 is 10.0 Å². The molecule has 1 aromatic carbocycles. The van der Waals surface area contributed by atoms with Crippen LogP contribution < -0.4 is 16.6 Å². The lowest BCUT2D eigenvalue weighted by Gasteiger charge is -2.05. The fourth-order valence-corrected chi connectivity index (χ4v) is 1.92. The average molecular weight is 295 g/mol. The topological polar surface area (TPSA) is 112 Å². The molecule has 0 aliphatic heterocycles. The molecule has 0 amide bonds. The lowest BCUT2D eigenvalue weighted by molar-refractivity contribution is 0.598. The van der Waals surface area contributed by atoms with Crippen LogP contribution in [0.3, 0.4) is 0 Å². The molecule has 0 unspecified atom stereocenters. The van der Waals surface area contributed by atoms with E-state index in [-0.39, 0.29) is 46.1 Å². The number of nitrogen functional groups attached to an aromatic ring is 2. The smallest absolute Gasteiger partial charge is 0.239 e. The summed E-state index contributed by atoms with van der Waals surface area (Å²) in [6, 6.07) is 2.38. The first kappa shape index (κ1) is 17.0. The number of halogens is 3. The van der Waals surface area contributed by atoms with Crippen LogP contribution in [0.1, 0.15) is 0 Å². The van der Waals surface area contributed by atoms with E-state index in [1.54, 1.807) is 0 Å². The maximum absolute atomic E-state index is 10.9. The molecule has 5 nitrogen and oxygen atoms in total. The van der Waals surface area contributed by atoms with Crippen molar-refractivity contribution < 1.29 is 8.42 Å². The Bertz CT molecular complexity index is 449. The molecule has 0 spiro atoms. The molecule has 0 aromatic heterocycles. The number of hydrogen-bond donors (Lipinski definition) is 3. The SMILES string of the molecule is Cl.Cl.Nc1cc(Cl)c(S(N)(=O)=O)cc1N. The van der Waals surface area contributed by atoms with Crippen LogP contribution in [-0.2, 0) is 10.0 Å². The van der Waals surface area contributed by atoms with Crippen molar-refractivity contribution >= 4 is 57.8 Å². The molecule has 0 aliphatic carbocycles. The molecule has 0 heterocycles. The van der Waals surface area contributed by atoms with Crippen LogP contribution in [0.4, 0.5) is 11.4 Å². The zero-order valence-corrected chi connectivity index (χ0v) is 10.5. The first-order valence-corrected chi connectivity index (χ1v) is 5.12. The van der Waals surface area contributed by atoms with Gasteiger partial charge in [0.15, 0.2) is 0 Å². The van der Waals surface area contributed by atoms with E-state index in [9.17, 15) is 8.42 Å². The molecule has 15 heavy (non-hydrogen) atoms. The Labute approximate surface area is 105 Å². The summed E-state index contributed by atoms with van der Waals surface area (Å²) in [4.78, 5) is -0.221. The van der Waals surface area contributed by atoms with Gasteiger partial charge in [0.25, 0.3) is 0 Å². The van der Waals surface area contributed by atoms with E-state index in [0.717, 1.165) is 6.07 Å². The molecular formula is C6H10Cl3N3O2S. The van der Waals surface area contributed by atoms with Crippen molar-refractivity contribution in [1.29, 1.82) is 0 Å². The summed E-state index contributed by atoms with van der Waals surface area (Å²) in [6.07, 6.45) is 0. The summed E-state index contributed by atoms with van der Waals surface area (Å²) >= 11 is 5.59. The summed E-state index contributed by atoms with van der Waals surface area (Å²) < 4.78 is 21.8. The standard InChI is InChI=1S/C6H8ClN3O2S.2ClH/c7-3-1-4(8)5(9)2-6(3)13(10,11)12;;/h1-2H,8-9H2,(H2,10,11,12);2*1H. The fraction of sp³-hybridized carbons (Fsp3) is 0. The Morgan fingerprint density at radius 2 is 1.47 bits per heavy atom. The Kier molecular flexibility index (Phi) is 6.37. The summed E-state index contributed by atoms with van der Waals surface area (Å²) in [6.45, 7) is 0. The minimum absolute atomic E-state index is 0. The minimum atomic E-state index is -3.84. The average Bonchev–Trinajstić information content (AvgIpc) is 1.94. The van der Waals surface area contributed by atoms with Gasteiger partial charge in [0, 0.05) is 0 Å². The summed E-state index contributed by atoms with van der Waals surface area (Å²) in [7, 11) is -3.84. The van der Waals surface area contributed by atoms with E-state index >= 15 is 0 Å². The molecule has 0 saturated carbocycles. The Hall–Kier alpha value is -0.400. The van der Waals surface area contributed by atoms with Gasteiger partial charge in [-0.15, -0.1) is 24.8 Å². The highest BCUT2D eigenvalue weighted by Crippen LogP contribution is 2.27. The summed E-state index contributed by atoms with van der Waals surface area (Å²) in [5.41, 5.74) is 11.1. The number of nitrogens with two attached hydrogens (primary N) is 3. The second-order valence-electron chi connectivity index (χ2n) is 2.46. The first-order chi connectivity index (χ1) is 5.82. The van der Waals surface area contributed by atoms with Gasteiger partial charge in [-0.3, -0.25) is 0 Å². The third-order valence-electron chi connectivity index (χ3n) is 1.44. The fourth-order valence-electron chi connectivity index (χ4n) is 0.803. The molecule has 88 valence electrons. The van der Waals surface area contributed by atoms with Gasteiger partial charge in [0.05, 0.1) is 16.4 Å². The highest BCUT2D eigenvalue weighted by atomic mass is 35.5. The Morgan fingerprint density at radius 3 is 1.87 bits per heavy atom. The number of anilines is 2. The summed E-state index contributed by atoms with van der Waals surface area (Å²) in [5.74, 6) is 0. The largest absolute Gasteiger partial charge is 0.397 e. The molecular weight excluding hydrogens is 285 g/mol. The van der Waals surface area contributed by atoms with Crippen molar-refractivity contribution in [3.8, 4) is 0 Å². The molecule has 0 bridgehead atoms. The van der Waals surface area contributed by atoms with Crippen LogP contribution in [-0.4, -0.2) is 8.42 Å². The van der Waals surface area contributed by atoms with Crippen LogP contribution in [0.15, 0.2) is 17.0 Å². The van der Waals surface area contributed by atoms with Gasteiger partial charge in [-0.05, 0) is 12.1 Å². The Morgan fingerprint density at radius 1 is 1.07 bits per heavy atom. The van der Waals surface area contributed by atoms with Crippen molar-refractivity contribution in [2.75, 3.05) is 11.5 Å². The number of primary sulfonamides is 1. The minimum Gasteiger partial charge on any atom is -0.397 e. The van der Waals surface area contributed by atoms with E-state index in [1.807, 2.05) is 0 Å². The molecule has 6 N–H and O–H groups in total. The van der Waals surface area contributed by atoms with Crippen molar-refractivity contribution in [3.05, 3.63) is 17.2 Å².